The standard InChI is InChI=1S/C18H29N6O9P.C4H4O4/c1-12(2)33-18(26)29-10-32-34(27,31-9-28-17(25)23(4)5)11-30-13(3)6-24-8-22-14-15(19)20-7-21-16(14)24;5-3(6)1-2-4(7)8/h7-8,12-13H,6,9-11H2,1-5H3,(H2,19,20,21);1-2H,(H,5,6)(H,7,8)/b;2-1+/t13-,34-;/m1./s1. The van der Waals surface area contributed by atoms with Crippen molar-refractivity contribution in [3.63, 3.8) is 0 Å². The van der Waals surface area contributed by atoms with Gasteiger partial charge in [0.25, 0.3) is 0 Å². The van der Waals surface area contributed by atoms with Crippen molar-refractivity contribution in [3.8, 4) is 0 Å². The molecule has 2 aromatic rings. The Hall–Kier alpha value is -4.32. The molecule has 2 rings (SSSR count). The fourth-order valence-electron chi connectivity index (χ4n) is 2.50. The maximum atomic E-state index is 13.1. The van der Waals surface area contributed by atoms with E-state index in [0.29, 0.717) is 23.3 Å². The van der Waals surface area contributed by atoms with Gasteiger partial charge in [0.1, 0.15) is 18.2 Å². The first-order valence-corrected chi connectivity index (χ1v) is 13.6. The number of nitrogens with two attached hydrogens (primary N) is 1. The number of aromatic nitrogens is 4. The van der Waals surface area contributed by atoms with Crippen LogP contribution in [0.3, 0.4) is 0 Å². The van der Waals surface area contributed by atoms with E-state index in [0.717, 1.165) is 4.90 Å². The highest BCUT2D eigenvalue weighted by atomic mass is 31.2. The van der Waals surface area contributed by atoms with Gasteiger partial charge in [0, 0.05) is 26.2 Å². The van der Waals surface area contributed by atoms with Gasteiger partial charge >= 0.3 is 31.8 Å². The molecule has 0 saturated heterocycles. The normalized spacial score (nSPS) is 13.1. The predicted molar refractivity (Wildman–Crippen MR) is 142 cm³/mol. The summed E-state index contributed by atoms with van der Waals surface area (Å²) in [7, 11) is -1.08. The molecule has 0 radical (unpaired) electrons. The van der Waals surface area contributed by atoms with Crippen LogP contribution in [0.25, 0.3) is 11.2 Å². The molecule has 4 N–H and O–H groups in total. The van der Waals surface area contributed by atoms with Gasteiger partial charge in [-0.25, -0.2) is 34.1 Å². The van der Waals surface area contributed by atoms with Gasteiger partial charge in [-0.15, -0.1) is 0 Å². The lowest BCUT2D eigenvalue weighted by Gasteiger charge is -2.21. The lowest BCUT2D eigenvalue weighted by molar-refractivity contribution is -0.134. The first-order chi connectivity index (χ1) is 19.6. The summed E-state index contributed by atoms with van der Waals surface area (Å²) in [5.41, 5.74) is 6.74. The van der Waals surface area contributed by atoms with Crippen molar-refractivity contribution in [1.82, 2.24) is 24.4 Å². The molecular weight excluding hydrogens is 587 g/mol. The molecule has 0 aliphatic heterocycles. The summed E-state index contributed by atoms with van der Waals surface area (Å²) >= 11 is 0. The van der Waals surface area contributed by atoms with Gasteiger partial charge in [0.2, 0.25) is 13.6 Å². The van der Waals surface area contributed by atoms with Gasteiger partial charge in [-0.2, -0.15) is 0 Å². The largest absolute Gasteiger partial charge is 0.510 e. The van der Waals surface area contributed by atoms with Gasteiger partial charge < -0.3 is 44.4 Å². The molecule has 0 saturated carbocycles. The third kappa shape index (κ3) is 13.8. The van der Waals surface area contributed by atoms with Crippen molar-refractivity contribution >= 4 is 48.8 Å². The molecule has 0 bridgehead atoms. The Morgan fingerprint density at radius 3 is 2.17 bits per heavy atom. The Bertz CT molecular complexity index is 1270. The fraction of sp³-hybridized carbons (Fsp3) is 0.500. The first kappa shape index (κ1) is 35.7. The number of rotatable bonds is 14. The number of fused-ring (bicyclic) bond motifs is 1. The molecule has 42 heavy (non-hydrogen) atoms. The molecule has 0 aromatic carbocycles. The summed E-state index contributed by atoms with van der Waals surface area (Å²) < 4.78 is 45.0. The van der Waals surface area contributed by atoms with Crippen LogP contribution in [-0.2, 0) is 48.7 Å². The van der Waals surface area contributed by atoms with Gasteiger partial charge in [-0.3, -0.25) is 13.6 Å². The summed E-state index contributed by atoms with van der Waals surface area (Å²) in [4.78, 5) is 55.5. The number of ether oxygens (including phenoxy) is 4. The molecule has 0 aliphatic rings. The van der Waals surface area contributed by atoms with E-state index in [1.165, 1.54) is 26.7 Å². The average molecular weight is 621 g/mol. The second-order valence-corrected chi connectivity index (χ2v) is 10.4. The number of carbonyl (C=O) groups excluding carboxylic acids is 2. The zero-order valence-corrected chi connectivity index (χ0v) is 24.3. The van der Waals surface area contributed by atoms with Crippen LogP contribution < -0.4 is 5.73 Å². The predicted octanol–water partition coefficient (Wildman–Crippen LogP) is 1.88. The summed E-state index contributed by atoms with van der Waals surface area (Å²) in [5, 5.41) is 15.6. The summed E-state index contributed by atoms with van der Waals surface area (Å²) in [5.74, 6) is -2.27. The number of anilines is 1. The monoisotopic (exact) mass is 620 g/mol. The average Bonchev–Trinajstić information content (AvgIpc) is 3.30. The molecule has 2 heterocycles. The van der Waals surface area contributed by atoms with Crippen molar-refractivity contribution in [2.75, 3.05) is 39.8 Å². The second kappa shape index (κ2) is 17.5. The van der Waals surface area contributed by atoms with Gasteiger partial charge in [-0.05, 0) is 20.8 Å². The van der Waals surface area contributed by atoms with Crippen molar-refractivity contribution in [1.29, 1.82) is 0 Å². The van der Waals surface area contributed by atoms with E-state index < -0.39 is 63.9 Å². The number of carbonyl (C=O) groups is 4. The fourth-order valence-corrected chi connectivity index (χ4v) is 3.59. The third-order valence-corrected chi connectivity index (χ3v) is 5.79. The van der Waals surface area contributed by atoms with E-state index in [4.69, 9.17) is 43.9 Å². The van der Waals surface area contributed by atoms with E-state index in [-0.39, 0.29) is 12.4 Å². The van der Waals surface area contributed by atoms with E-state index in [9.17, 15) is 23.7 Å². The minimum absolute atomic E-state index is 0.242. The van der Waals surface area contributed by atoms with E-state index in [1.807, 2.05) is 0 Å². The highest BCUT2D eigenvalue weighted by molar-refractivity contribution is 7.53. The van der Waals surface area contributed by atoms with Crippen LogP contribution in [0, 0.1) is 0 Å². The zero-order valence-electron chi connectivity index (χ0n) is 23.4. The van der Waals surface area contributed by atoms with Gasteiger partial charge in [0.05, 0.1) is 25.1 Å². The van der Waals surface area contributed by atoms with Crippen molar-refractivity contribution in [2.45, 2.75) is 39.5 Å². The molecule has 0 spiro atoms. The van der Waals surface area contributed by atoms with Crippen LogP contribution in [-0.4, -0.2) is 105 Å². The topological polar surface area (TPSA) is 254 Å². The SMILES string of the molecule is CC(C)OC(=O)OCO[P@@](=O)(CO[C@H](C)Cn1cnc2c(N)ncnc21)OCOC(=O)N(C)C.O=C(O)/C=C/C(=O)O. The minimum Gasteiger partial charge on any atom is -0.478 e. The minimum atomic E-state index is -4.02. The highest BCUT2D eigenvalue weighted by Crippen LogP contribution is 2.48. The van der Waals surface area contributed by atoms with E-state index in [2.05, 4.69) is 15.0 Å². The summed E-state index contributed by atoms with van der Waals surface area (Å²) in [6, 6.07) is 0. The molecule has 1 amide bonds. The molecule has 0 fully saturated rings. The quantitative estimate of drug-likeness (QED) is 0.118. The number of aliphatic carboxylic acids is 2. The van der Waals surface area contributed by atoms with Crippen LogP contribution in [0.2, 0.25) is 0 Å². The lowest BCUT2D eigenvalue weighted by atomic mass is 10.4. The second-order valence-electron chi connectivity index (χ2n) is 8.41. The van der Waals surface area contributed by atoms with Crippen LogP contribution in [0.1, 0.15) is 20.8 Å². The van der Waals surface area contributed by atoms with Crippen LogP contribution in [0.15, 0.2) is 24.8 Å². The number of nitrogen functional groups attached to an aromatic ring is 1. The number of nitrogens with zero attached hydrogens (tertiary/aromatic N) is 5. The van der Waals surface area contributed by atoms with E-state index >= 15 is 0 Å². The first-order valence-electron chi connectivity index (χ1n) is 11.9. The number of amides is 1. The summed E-state index contributed by atoms with van der Waals surface area (Å²) in [6.07, 6.45) is 0.780. The highest BCUT2D eigenvalue weighted by Gasteiger charge is 2.29. The lowest BCUT2D eigenvalue weighted by Crippen LogP contribution is -2.24. The summed E-state index contributed by atoms with van der Waals surface area (Å²) in [6.45, 7) is 3.85. The Labute approximate surface area is 239 Å². The maximum Gasteiger partial charge on any atom is 0.510 e. The number of carboxylic acids is 2. The Morgan fingerprint density at radius 1 is 1.02 bits per heavy atom. The van der Waals surface area contributed by atoms with Crippen molar-refractivity contribution in [3.05, 3.63) is 24.8 Å². The third-order valence-electron chi connectivity index (χ3n) is 4.32. The Morgan fingerprint density at radius 2 is 1.62 bits per heavy atom. The van der Waals surface area contributed by atoms with Gasteiger partial charge in [0.15, 0.2) is 11.5 Å². The molecule has 2 atom stereocenters. The zero-order chi connectivity index (χ0) is 31.9. The molecular formula is C22H33N6O13P. The smallest absolute Gasteiger partial charge is 0.478 e. The van der Waals surface area contributed by atoms with Crippen molar-refractivity contribution in [2.24, 2.45) is 0 Å². The van der Waals surface area contributed by atoms with Crippen LogP contribution >= 0.6 is 7.60 Å². The van der Waals surface area contributed by atoms with Gasteiger partial charge in [-0.1, -0.05) is 0 Å². The molecule has 2 aromatic heterocycles. The molecule has 234 valence electrons. The number of carboxylic acid groups (broad SMARTS) is 2. The molecule has 19 nitrogen and oxygen atoms in total. The number of imidazole rings is 1. The molecule has 20 heteroatoms. The molecule has 0 aliphatic carbocycles. The van der Waals surface area contributed by atoms with Crippen LogP contribution in [0.4, 0.5) is 15.4 Å². The molecule has 0 unspecified atom stereocenters. The Kier molecular flexibility index (Phi) is 14.9. The Balaban J connectivity index is 0.000000962. The van der Waals surface area contributed by atoms with E-state index in [1.54, 1.807) is 25.3 Å². The van der Waals surface area contributed by atoms with Crippen LogP contribution in [0.5, 0.6) is 0 Å². The number of hydrogen-bond donors (Lipinski definition) is 3. The van der Waals surface area contributed by atoms with Crippen molar-refractivity contribution < 1.29 is 62.0 Å². The maximum absolute atomic E-state index is 13.1. The number of hydrogen-bond acceptors (Lipinski definition) is 15.